The molecule has 0 unspecified atom stereocenters. The molecule has 0 atom stereocenters. The van der Waals surface area contributed by atoms with Crippen LogP contribution in [0.2, 0.25) is 0 Å². The van der Waals surface area contributed by atoms with E-state index in [4.69, 9.17) is 10.5 Å². The minimum atomic E-state index is -0.737. The van der Waals surface area contributed by atoms with Gasteiger partial charge in [-0.15, -0.1) is 0 Å². The normalized spacial score (nSPS) is 17.3. The van der Waals surface area contributed by atoms with Crippen LogP contribution in [0.3, 0.4) is 0 Å². The molecule has 3 rings (SSSR count). The van der Waals surface area contributed by atoms with Gasteiger partial charge in [0, 0.05) is 18.8 Å². The van der Waals surface area contributed by atoms with Crippen molar-refractivity contribution < 1.29 is 14.3 Å². The fourth-order valence-electron chi connectivity index (χ4n) is 3.29. The standard InChI is InChI=1S/C20H29N3O4/c1-20(2,3)27-19(26)22(10-13-5-4-6-13)11-14-9-16(17(21)24)18(25)23(12-14)15-7-8-15/h9,12-13,15H,4-8,10-11H2,1-3H3,(H2,21,24). The highest BCUT2D eigenvalue weighted by atomic mass is 16.6. The molecule has 1 aromatic heterocycles. The summed E-state index contributed by atoms with van der Waals surface area (Å²) >= 11 is 0. The molecule has 0 radical (unpaired) electrons. The monoisotopic (exact) mass is 375 g/mol. The third-order valence-electron chi connectivity index (χ3n) is 5.03. The first-order valence-electron chi connectivity index (χ1n) is 9.67. The van der Waals surface area contributed by atoms with Crippen LogP contribution in [0.5, 0.6) is 0 Å². The molecule has 2 fully saturated rings. The van der Waals surface area contributed by atoms with Crippen LogP contribution in [0.1, 0.15) is 74.8 Å². The minimum absolute atomic E-state index is 0.0211. The number of hydrogen-bond donors (Lipinski definition) is 1. The molecule has 2 saturated carbocycles. The summed E-state index contributed by atoms with van der Waals surface area (Å²) in [6, 6.07) is 1.64. The lowest BCUT2D eigenvalue weighted by atomic mass is 9.85. The average Bonchev–Trinajstić information content (AvgIpc) is 3.33. The maximum absolute atomic E-state index is 12.7. The second kappa shape index (κ2) is 7.37. The van der Waals surface area contributed by atoms with Crippen molar-refractivity contribution in [3.63, 3.8) is 0 Å². The number of hydrogen-bond acceptors (Lipinski definition) is 4. The zero-order valence-electron chi connectivity index (χ0n) is 16.4. The molecule has 0 bridgehead atoms. The van der Waals surface area contributed by atoms with Gasteiger partial charge in [-0.25, -0.2) is 4.79 Å². The Morgan fingerprint density at radius 3 is 2.41 bits per heavy atom. The molecular formula is C20H29N3O4. The smallest absolute Gasteiger partial charge is 0.410 e. The van der Waals surface area contributed by atoms with Gasteiger partial charge in [0.2, 0.25) is 0 Å². The Hall–Kier alpha value is -2.31. The number of aromatic nitrogens is 1. The van der Waals surface area contributed by atoms with E-state index in [0.29, 0.717) is 19.0 Å². The molecule has 1 aromatic rings. The molecule has 7 heteroatoms. The highest BCUT2D eigenvalue weighted by Gasteiger charge is 2.30. The number of primary amides is 1. The largest absolute Gasteiger partial charge is 0.444 e. The zero-order chi connectivity index (χ0) is 19.8. The van der Waals surface area contributed by atoms with E-state index in [0.717, 1.165) is 31.2 Å². The maximum Gasteiger partial charge on any atom is 0.410 e. The summed E-state index contributed by atoms with van der Waals surface area (Å²) in [4.78, 5) is 38.5. The Balaban J connectivity index is 1.86. The third-order valence-corrected chi connectivity index (χ3v) is 5.03. The fraction of sp³-hybridized carbons (Fsp3) is 0.650. The van der Waals surface area contributed by atoms with Crippen LogP contribution < -0.4 is 11.3 Å². The number of carbonyl (C=O) groups is 2. The van der Waals surface area contributed by atoms with Crippen LogP contribution in [0.15, 0.2) is 17.1 Å². The number of ether oxygens (including phenoxy) is 1. The first kappa shape index (κ1) is 19.5. The summed E-state index contributed by atoms with van der Waals surface area (Å²) in [5.41, 5.74) is 5.17. The number of carbonyl (C=O) groups excluding carboxylic acids is 2. The van der Waals surface area contributed by atoms with Gasteiger partial charge in [0.1, 0.15) is 11.2 Å². The third kappa shape index (κ3) is 4.90. The Bertz CT molecular complexity index is 785. The van der Waals surface area contributed by atoms with Crippen LogP contribution in [-0.4, -0.2) is 33.6 Å². The Morgan fingerprint density at radius 1 is 1.26 bits per heavy atom. The molecule has 2 aliphatic carbocycles. The predicted molar refractivity (Wildman–Crippen MR) is 101 cm³/mol. The van der Waals surface area contributed by atoms with Gasteiger partial charge in [0.25, 0.3) is 11.5 Å². The Kier molecular flexibility index (Phi) is 5.31. The molecule has 2 N–H and O–H groups in total. The topological polar surface area (TPSA) is 94.6 Å². The van der Waals surface area contributed by atoms with E-state index < -0.39 is 11.5 Å². The van der Waals surface area contributed by atoms with Gasteiger partial charge in [0.15, 0.2) is 0 Å². The van der Waals surface area contributed by atoms with Crippen molar-refractivity contribution in [3.05, 3.63) is 33.7 Å². The van der Waals surface area contributed by atoms with Gasteiger partial charge >= 0.3 is 6.09 Å². The van der Waals surface area contributed by atoms with Crippen molar-refractivity contribution in [1.82, 2.24) is 9.47 Å². The number of amides is 2. The van der Waals surface area contributed by atoms with Gasteiger partial charge in [0.05, 0.1) is 6.54 Å². The van der Waals surface area contributed by atoms with E-state index in [2.05, 4.69) is 0 Å². The van der Waals surface area contributed by atoms with Crippen molar-refractivity contribution in [2.45, 2.75) is 71.1 Å². The molecule has 2 aliphatic rings. The van der Waals surface area contributed by atoms with Crippen LogP contribution in [0, 0.1) is 5.92 Å². The molecule has 2 amide bonds. The van der Waals surface area contributed by atoms with E-state index >= 15 is 0 Å². The van der Waals surface area contributed by atoms with Crippen LogP contribution >= 0.6 is 0 Å². The molecule has 0 saturated heterocycles. The molecule has 148 valence electrons. The molecule has 27 heavy (non-hydrogen) atoms. The second-order valence-electron chi connectivity index (χ2n) is 8.73. The fourth-order valence-corrected chi connectivity index (χ4v) is 3.29. The quantitative estimate of drug-likeness (QED) is 0.827. The Labute approximate surface area is 159 Å². The maximum atomic E-state index is 12.7. The Morgan fingerprint density at radius 2 is 1.93 bits per heavy atom. The second-order valence-corrected chi connectivity index (χ2v) is 8.73. The first-order chi connectivity index (χ1) is 12.6. The predicted octanol–water partition coefficient (Wildman–Crippen LogP) is 2.82. The molecular weight excluding hydrogens is 346 g/mol. The van der Waals surface area contributed by atoms with Crippen molar-refractivity contribution in [3.8, 4) is 0 Å². The number of rotatable bonds is 6. The molecule has 0 spiro atoms. The molecule has 1 heterocycles. The van der Waals surface area contributed by atoms with Gasteiger partial charge < -0.3 is 19.9 Å². The van der Waals surface area contributed by atoms with Crippen molar-refractivity contribution in [2.24, 2.45) is 11.7 Å². The SMILES string of the molecule is CC(C)(C)OC(=O)N(Cc1cc(C(N)=O)c(=O)n(C2CC2)c1)CC1CCC1. The van der Waals surface area contributed by atoms with Gasteiger partial charge in [-0.2, -0.15) is 0 Å². The highest BCUT2D eigenvalue weighted by molar-refractivity contribution is 5.92. The minimum Gasteiger partial charge on any atom is -0.444 e. The lowest BCUT2D eigenvalue weighted by Gasteiger charge is -2.33. The molecule has 0 aliphatic heterocycles. The van der Waals surface area contributed by atoms with Gasteiger partial charge in [-0.1, -0.05) is 6.42 Å². The summed E-state index contributed by atoms with van der Waals surface area (Å²) in [6.45, 7) is 6.42. The van der Waals surface area contributed by atoms with Gasteiger partial charge in [-0.3, -0.25) is 9.59 Å². The number of pyridine rings is 1. The lowest BCUT2D eigenvalue weighted by Crippen LogP contribution is -2.41. The number of nitrogens with two attached hydrogens (primary N) is 1. The van der Waals surface area contributed by atoms with E-state index in [9.17, 15) is 14.4 Å². The van der Waals surface area contributed by atoms with E-state index in [1.165, 1.54) is 12.5 Å². The summed E-state index contributed by atoms with van der Waals surface area (Å²) in [5, 5.41) is 0. The van der Waals surface area contributed by atoms with Crippen molar-refractivity contribution >= 4 is 12.0 Å². The zero-order valence-corrected chi connectivity index (χ0v) is 16.4. The summed E-state index contributed by atoms with van der Waals surface area (Å²) in [6.07, 6.45) is 6.61. The summed E-state index contributed by atoms with van der Waals surface area (Å²) in [7, 11) is 0. The van der Waals surface area contributed by atoms with E-state index in [1.807, 2.05) is 20.8 Å². The van der Waals surface area contributed by atoms with Crippen LogP contribution in [0.4, 0.5) is 4.79 Å². The van der Waals surface area contributed by atoms with Crippen molar-refractivity contribution in [1.29, 1.82) is 0 Å². The molecule has 0 aromatic carbocycles. The summed E-state index contributed by atoms with van der Waals surface area (Å²) in [5.74, 6) is -0.262. The molecule has 7 nitrogen and oxygen atoms in total. The van der Waals surface area contributed by atoms with E-state index in [-0.39, 0.29) is 23.3 Å². The van der Waals surface area contributed by atoms with Gasteiger partial charge in [-0.05, 0) is 64.0 Å². The van der Waals surface area contributed by atoms with Crippen LogP contribution in [0.25, 0.3) is 0 Å². The lowest BCUT2D eigenvalue weighted by molar-refractivity contribution is 0.0172. The first-order valence-corrected chi connectivity index (χ1v) is 9.67. The summed E-state index contributed by atoms with van der Waals surface area (Å²) < 4.78 is 7.15. The highest BCUT2D eigenvalue weighted by Crippen LogP contribution is 2.34. The number of nitrogens with zero attached hydrogens (tertiary/aromatic N) is 2. The van der Waals surface area contributed by atoms with Crippen LogP contribution in [-0.2, 0) is 11.3 Å². The average molecular weight is 375 g/mol. The van der Waals surface area contributed by atoms with E-state index in [1.54, 1.807) is 15.7 Å². The van der Waals surface area contributed by atoms with Crippen molar-refractivity contribution in [2.75, 3.05) is 6.54 Å².